The number of benzene rings is 2. The number of rotatable bonds is 3. The van der Waals surface area contributed by atoms with Crippen LogP contribution in [0.15, 0.2) is 58.3 Å². The molecule has 0 amide bonds. The van der Waals surface area contributed by atoms with Crippen molar-refractivity contribution in [1.82, 2.24) is 0 Å². The number of para-hydroxylation sites is 1. The fourth-order valence-electron chi connectivity index (χ4n) is 2.10. The predicted octanol–water partition coefficient (Wildman–Crippen LogP) is 3.73. The number of nitrogens with zero attached hydrogens (tertiary/aromatic N) is 1. The molecule has 0 saturated carbocycles. The van der Waals surface area contributed by atoms with E-state index in [0.29, 0.717) is 0 Å². The van der Waals surface area contributed by atoms with Gasteiger partial charge in [0.05, 0.1) is 9.82 Å². The highest BCUT2D eigenvalue weighted by Gasteiger charge is 2.27. The van der Waals surface area contributed by atoms with E-state index in [1.54, 1.807) is 12.1 Å². The maximum absolute atomic E-state index is 12.6. The molecule has 6 heteroatoms. The molecule has 116 valence electrons. The van der Waals surface area contributed by atoms with Crippen LogP contribution in [-0.4, -0.2) is 13.3 Å². The Bertz CT molecular complexity index is 803. The van der Waals surface area contributed by atoms with Gasteiger partial charge in [-0.25, -0.2) is 8.42 Å². The predicted molar refractivity (Wildman–Crippen MR) is 83.7 cm³/mol. The Morgan fingerprint density at radius 1 is 0.955 bits per heavy atom. The van der Waals surface area contributed by atoms with Crippen molar-refractivity contribution in [2.24, 2.45) is 0 Å². The highest BCUT2D eigenvalue weighted by molar-refractivity contribution is 7.91. The summed E-state index contributed by atoms with van der Waals surface area (Å²) in [6, 6.07) is 11.8. The lowest BCUT2D eigenvalue weighted by molar-refractivity contribution is -0.387. The molecule has 0 saturated heterocycles. The van der Waals surface area contributed by atoms with E-state index >= 15 is 0 Å². The molecule has 0 unspecified atom stereocenters. The van der Waals surface area contributed by atoms with Crippen LogP contribution < -0.4 is 0 Å². The van der Waals surface area contributed by atoms with Crippen LogP contribution in [0, 0.1) is 10.1 Å². The van der Waals surface area contributed by atoms with Crippen molar-refractivity contribution in [2.45, 2.75) is 36.0 Å². The summed E-state index contributed by atoms with van der Waals surface area (Å²) in [5.41, 5.74) is 0.484. The smallest absolute Gasteiger partial charge is 0.258 e. The van der Waals surface area contributed by atoms with Gasteiger partial charge in [0.2, 0.25) is 9.84 Å². The zero-order valence-corrected chi connectivity index (χ0v) is 13.4. The molecule has 22 heavy (non-hydrogen) atoms. The molecule has 0 radical (unpaired) electrons. The Kier molecular flexibility index (Phi) is 4.06. The van der Waals surface area contributed by atoms with Crippen molar-refractivity contribution in [2.75, 3.05) is 0 Å². The van der Waals surface area contributed by atoms with E-state index in [1.807, 2.05) is 20.8 Å². The first kappa shape index (κ1) is 16.2. The van der Waals surface area contributed by atoms with Gasteiger partial charge in [-0.05, 0) is 29.2 Å². The van der Waals surface area contributed by atoms with Crippen LogP contribution in [0.3, 0.4) is 0 Å². The summed E-state index contributed by atoms with van der Waals surface area (Å²) in [5, 5.41) is 11.0. The molecule has 0 aliphatic rings. The second kappa shape index (κ2) is 5.53. The van der Waals surface area contributed by atoms with Gasteiger partial charge in [0.1, 0.15) is 4.90 Å². The summed E-state index contributed by atoms with van der Waals surface area (Å²) in [5.74, 6) is 0. The minimum Gasteiger partial charge on any atom is -0.258 e. The molecular formula is C16H17NO4S. The second-order valence-corrected chi connectivity index (χ2v) is 7.92. The Labute approximate surface area is 129 Å². The Hall–Kier alpha value is -2.21. The average molecular weight is 319 g/mol. The first-order valence-electron chi connectivity index (χ1n) is 6.73. The number of sulfone groups is 1. The quantitative estimate of drug-likeness (QED) is 0.638. The van der Waals surface area contributed by atoms with Crippen LogP contribution in [0.4, 0.5) is 5.69 Å². The molecule has 5 nitrogen and oxygen atoms in total. The molecule has 0 aliphatic carbocycles. The first-order valence-corrected chi connectivity index (χ1v) is 8.21. The molecule has 0 N–H and O–H groups in total. The van der Waals surface area contributed by atoms with Gasteiger partial charge in [0.25, 0.3) is 5.69 Å². The largest absolute Gasteiger partial charge is 0.288 e. The van der Waals surface area contributed by atoms with Crippen LogP contribution in [0.5, 0.6) is 0 Å². The van der Waals surface area contributed by atoms with E-state index in [9.17, 15) is 18.5 Å². The molecule has 0 bridgehead atoms. The summed E-state index contributed by atoms with van der Waals surface area (Å²) in [6.07, 6.45) is 0. The summed E-state index contributed by atoms with van der Waals surface area (Å²) in [6.45, 7) is 6.08. The summed E-state index contributed by atoms with van der Waals surface area (Å²) in [7, 11) is -3.92. The van der Waals surface area contributed by atoms with E-state index in [1.165, 1.54) is 36.4 Å². The van der Waals surface area contributed by atoms with Crippen LogP contribution in [0.2, 0.25) is 0 Å². The van der Waals surface area contributed by atoms with E-state index < -0.39 is 20.4 Å². The Morgan fingerprint density at radius 3 is 2.00 bits per heavy atom. The molecule has 2 rings (SSSR count). The standard InChI is InChI=1S/C16H17NO4S/c1-16(2,3)12-8-10-13(11-9-12)22(20,21)15-7-5-4-6-14(15)17(18)19/h4-11H,1-3H3. The lowest BCUT2D eigenvalue weighted by Gasteiger charge is -2.19. The van der Waals surface area contributed by atoms with Crippen molar-refractivity contribution in [1.29, 1.82) is 0 Å². The second-order valence-electron chi connectivity index (χ2n) is 6.00. The summed E-state index contributed by atoms with van der Waals surface area (Å²) in [4.78, 5) is 10.1. The number of hydrogen-bond donors (Lipinski definition) is 0. The number of hydrogen-bond acceptors (Lipinski definition) is 4. The topological polar surface area (TPSA) is 77.3 Å². The Morgan fingerprint density at radius 2 is 1.50 bits per heavy atom. The third kappa shape index (κ3) is 3.01. The molecule has 0 atom stereocenters. The third-order valence-corrected chi connectivity index (χ3v) is 5.20. The summed E-state index contributed by atoms with van der Waals surface area (Å²) >= 11 is 0. The lowest BCUT2D eigenvalue weighted by atomic mass is 9.87. The first-order chi connectivity index (χ1) is 10.1. The molecule has 2 aromatic carbocycles. The lowest BCUT2D eigenvalue weighted by Crippen LogP contribution is -2.11. The maximum atomic E-state index is 12.6. The van der Waals surface area contributed by atoms with Gasteiger partial charge in [0.15, 0.2) is 0 Å². The van der Waals surface area contributed by atoms with Crippen LogP contribution in [0.25, 0.3) is 0 Å². The van der Waals surface area contributed by atoms with E-state index in [2.05, 4.69) is 0 Å². The van der Waals surface area contributed by atoms with Gasteiger partial charge < -0.3 is 0 Å². The van der Waals surface area contributed by atoms with Crippen molar-refractivity contribution >= 4 is 15.5 Å². The fourth-order valence-corrected chi connectivity index (χ4v) is 3.52. The molecule has 0 aromatic heterocycles. The SMILES string of the molecule is CC(C)(C)c1ccc(S(=O)(=O)c2ccccc2[N+](=O)[O-])cc1. The minimum atomic E-state index is -3.92. The molecule has 0 aliphatic heterocycles. The van der Waals surface area contributed by atoms with Gasteiger partial charge >= 0.3 is 0 Å². The van der Waals surface area contributed by atoms with Crippen LogP contribution >= 0.6 is 0 Å². The average Bonchev–Trinajstić information content (AvgIpc) is 2.46. The van der Waals surface area contributed by atoms with Gasteiger partial charge in [0, 0.05) is 6.07 Å². The normalized spacial score (nSPS) is 12.1. The van der Waals surface area contributed by atoms with Crippen molar-refractivity contribution in [3.05, 3.63) is 64.2 Å². The molecular weight excluding hydrogens is 302 g/mol. The van der Waals surface area contributed by atoms with Crippen molar-refractivity contribution < 1.29 is 13.3 Å². The van der Waals surface area contributed by atoms with Gasteiger partial charge in [-0.1, -0.05) is 45.0 Å². The van der Waals surface area contributed by atoms with Gasteiger partial charge in [-0.3, -0.25) is 10.1 Å². The molecule has 0 heterocycles. The third-order valence-electron chi connectivity index (χ3n) is 3.38. The monoisotopic (exact) mass is 319 g/mol. The number of nitro groups is 1. The van der Waals surface area contributed by atoms with Crippen molar-refractivity contribution in [3.8, 4) is 0 Å². The zero-order chi connectivity index (χ0) is 16.5. The maximum Gasteiger partial charge on any atom is 0.288 e. The molecule has 0 fully saturated rings. The van der Waals surface area contributed by atoms with Gasteiger partial charge in [-0.2, -0.15) is 0 Å². The highest BCUT2D eigenvalue weighted by atomic mass is 32.2. The van der Waals surface area contributed by atoms with Crippen LogP contribution in [-0.2, 0) is 15.3 Å². The molecule has 2 aromatic rings. The zero-order valence-electron chi connectivity index (χ0n) is 12.6. The minimum absolute atomic E-state index is 0.0507. The van der Waals surface area contributed by atoms with Crippen molar-refractivity contribution in [3.63, 3.8) is 0 Å². The van der Waals surface area contributed by atoms with E-state index in [0.717, 1.165) is 5.56 Å². The number of nitro benzene ring substituents is 1. The van der Waals surface area contributed by atoms with E-state index in [-0.39, 0.29) is 15.2 Å². The van der Waals surface area contributed by atoms with Gasteiger partial charge in [-0.15, -0.1) is 0 Å². The van der Waals surface area contributed by atoms with Crippen LogP contribution in [0.1, 0.15) is 26.3 Å². The highest BCUT2D eigenvalue weighted by Crippen LogP contribution is 2.30. The summed E-state index contributed by atoms with van der Waals surface area (Å²) < 4.78 is 25.2. The molecule has 0 spiro atoms. The van der Waals surface area contributed by atoms with E-state index in [4.69, 9.17) is 0 Å². The Balaban J connectivity index is 2.55. The fraction of sp³-hybridized carbons (Fsp3) is 0.250.